The lowest BCUT2D eigenvalue weighted by Crippen LogP contribution is -2.48. The van der Waals surface area contributed by atoms with Crippen molar-refractivity contribution in [2.75, 3.05) is 20.3 Å². The lowest BCUT2D eigenvalue weighted by Gasteiger charge is -2.35. The predicted molar refractivity (Wildman–Crippen MR) is 183 cm³/mol. The van der Waals surface area contributed by atoms with Crippen LogP contribution >= 0.6 is 0 Å². The standard InChI is InChI=1S/C19H16N2O.C18H36O4Si/c1-22-17-13-11-15(12-14-17)18-9-5-6-10-19(18)21-20-16-7-3-2-4-8-16;1-8-19-23(10-3,20-9-2)22-14(5)21-17-12-16-15(11-13(17)4)18(16,6)7/h2-14H,1H3;13-17H,8-12H2,1-7H3. The van der Waals surface area contributed by atoms with Gasteiger partial charge in [-0.05, 0) is 92.7 Å². The van der Waals surface area contributed by atoms with E-state index >= 15 is 0 Å². The molecular weight excluding hydrogens is 581 g/mol. The number of rotatable bonds is 13. The zero-order valence-electron chi connectivity index (χ0n) is 28.4. The number of methoxy groups -OCH3 is 1. The molecule has 0 aromatic heterocycles. The van der Waals surface area contributed by atoms with Gasteiger partial charge in [-0.15, -0.1) is 5.11 Å². The van der Waals surface area contributed by atoms with Crippen molar-refractivity contribution >= 4 is 20.2 Å². The van der Waals surface area contributed by atoms with Crippen molar-refractivity contribution < 1.29 is 22.8 Å². The number of hydrogen-bond donors (Lipinski definition) is 0. The van der Waals surface area contributed by atoms with E-state index in [1.807, 2.05) is 99.6 Å². The molecule has 8 heteroatoms. The molecule has 5 unspecified atom stereocenters. The first-order chi connectivity index (χ1) is 21.7. The van der Waals surface area contributed by atoms with Gasteiger partial charge in [0.1, 0.15) is 12.0 Å². The monoisotopic (exact) mass is 632 g/mol. The molecular formula is C37H52N2O5Si. The third-order valence-corrected chi connectivity index (χ3v) is 12.3. The molecule has 2 aliphatic rings. The Morgan fingerprint density at radius 3 is 2.07 bits per heavy atom. The fourth-order valence-electron chi connectivity index (χ4n) is 6.56. The van der Waals surface area contributed by atoms with E-state index in [2.05, 4.69) is 37.9 Å². The molecule has 5 rings (SSSR count). The maximum Gasteiger partial charge on any atom is 0.502 e. The summed E-state index contributed by atoms with van der Waals surface area (Å²) in [5.74, 6) is 3.15. The zero-order valence-corrected chi connectivity index (χ0v) is 29.4. The highest BCUT2D eigenvalue weighted by atomic mass is 28.4. The zero-order chi connectivity index (χ0) is 32.5. The first kappa shape index (κ1) is 35.0. The molecule has 0 heterocycles. The van der Waals surface area contributed by atoms with Crippen LogP contribution in [0.3, 0.4) is 0 Å². The highest BCUT2D eigenvalue weighted by Crippen LogP contribution is 2.66. The third kappa shape index (κ3) is 9.11. The number of fused-ring (bicyclic) bond motifs is 1. The van der Waals surface area contributed by atoms with Crippen molar-refractivity contribution in [2.24, 2.45) is 33.4 Å². The maximum atomic E-state index is 6.30. The largest absolute Gasteiger partial charge is 0.502 e. The van der Waals surface area contributed by atoms with Crippen LogP contribution in [0.4, 0.5) is 11.4 Å². The van der Waals surface area contributed by atoms with E-state index in [-0.39, 0.29) is 6.29 Å². The molecule has 0 N–H and O–H groups in total. The molecule has 244 valence electrons. The predicted octanol–water partition coefficient (Wildman–Crippen LogP) is 10.2. The Balaban J connectivity index is 0.000000205. The van der Waals surface area contributed by atoms with Gasteiger partial charge in [0.15, 0.2) is 0 Å². The molecule has 7 nitrogen and oxygen atoms in total. The van der Waals surface area contributed by atoms with Crippen molar-refractivity contribution in [3.63, 3.8) is 0 Å². The van der Waals surface area contributed by atoms with Crippen LogP contribution in [-0.2, 0) is 18.0 Å². The molecule has 0 saturated heterocycles. The van der Waals surface area contributed by atoms with Crippen LogP contribution in [0.25, 0.3) is 11.1 Å². The van der Waals surface area contributed by atoms with Gasteiger partial charge in [0.05, 0.1) is 24.6 Å². The molecule has 2 aliphatic carbocycles. The van der Waals surface area contributed by atoms with Gasteiger partial charge in [-0.25, -0.2) is 0 Å². The van der Waals surface area contributed by atoms with Crippen molar-refractivity contribution in [1.82, 2.24) is 0 Å². The second-order valence-corrected chi connectivity index (χ2v) is 15.4. The number of ether oxygens (including phenoxy) is 2. The third-order valence-electron chi connectivity index (χ3n) is 9.24. The van der Waals surface area contributed by atoms with Gasteiger partial charge in [0.2, 0.25) is 0 Å². The lowest BCUT2D eigenvalue weighted by atomic mass is 9.88. The molecule has 0 bridgehead atoms. The minimum atomic E-state index is -2.60. The van der Waals surface area contributed by atoms with Crippen LogP contribution in [0.5, 0.6) is 5.75 Å². The average molecular weight is 633 g/mol. The summed E-state index contributed by atoms with van der Waals surface area (Å²) in [4.78, 5) is 0. The van der Waals surface area contributed by atoms with E-state index < -0.39 is 8.80 Å². The number of nitrogens with zero attached hydrogens (tertiary/aromatic N) is 2. The average Bonchev–Trinajstić information content (AvgIpc) is 3.58. The van der Waals surface area contributed by atoms with Gasteiger partial charge in [0, 0.05) is 24.8 Å². The Labute approximate surface area is 271 Å². The summed E-state index contributed by atoms with van der Waals surface area (Å²) in [6.45, 7) is 16.4. The lowest BCUT2D eigenvalue weighted by molar-refractivity contribution is -0.158. The molecule has 0 aliphatic heterocycles. The molecule has 3 aromatic carbocycles. The van der Waals surface area contributed by atoms with Crippen molar-refractivity contribution in [3.05, 3.63) is 78.9 Å². The van der Waals surface area contributed by atoms with Crippen molar-refractivity contribution in [1.29, 1.82) is 0 Å². The second kappa shape index (κ2) is 16.1. The SMILES string of the molecule is CCO[Si](CC)(OCC)OC(C)OC1CC2C(CC1C)C2(C)C.COc1ccc(-c2ccccc2N=Nc2ccccc2)cc1. The fourth-order valence-corrected chi connectivity index (χ4v) is 8.80. The Morgan fingerprint density at radius 2 is 1.44 bits per heavy atom. The fraction of sp³-hybridized carbons (Fsp3) is 0.514. The summed E-state index contributed by atoms with van der Waals surface area (Å²) in [7, 11) is -0.935. The van der Waals surface area contributed by atoms with E-state index in [1.165, 1.54) is 6.42 Å². The minimum Gasteiger partial charge on any atom is -0.497 e. The van der Waals surface area contributed by atoms with E-state index in [1.54, 1.807) is 7.11 Å². The van der Waals surface area contributed by atoms with Gasteiger partial charge in [-0.3, -0.25) is 0 Å². The van der Waals surface area contributed by atoms with Crippen LogP contribution in [0.15, 0.2) is 89.1 Å². The van der Waals surface area contributed by atoms with Crippen LogP contribution in [-0.4, -0.2) is 41.5 Å². The van der Waals surface area contributed by atoms with Gasteiger partial charge in [0.25, 0.3) is 0 Å². The quantitative estimate of drug-likeness (QED) is 0.107. The first-order valence-electron chi connectivity index (χ1n) is 16.5. The number of azo groups is 1. The summed E-state index contributed by atoms with van der Waals surface area (Å²) >= 11 is 0. The van der Waals surface area contributed by atoms with Crippen LogP contribution in [0.2, 0.25) is 6.04 Å². The Bertz CT molecular complexity index is 1340. The van der Waals surface area contributed by atoms with E-state index in [9.17, 15) is 0 Å². The van der Waals surface area contributed by atoms with E-state index in [0.29, 0.717) is 30.7 Å². The summed E-state index contributed by atoms with van der Waals surface area (Å²) in [5, 5.41) is 8.69. The summed E-state index contributed by atoms with van der Waals surface area (Å²) in [6, 6.07) is 26.4. The summed E-state index contributed by atoms with van der Waals surface area (Å²) < 4.78 is 29.5. The van der Waals surface area contributed by atoms with Gasteiger partial charge < -0.3 is 22.8 Å². The molecule has 0 spiro atoms. The Kier molecular flexibility index (Phi) is 12.5. The Hall–Kier alpha value is -2.88. The normalized spacial score (nSPS) is 22.7. The summed E-state index contributed by atoms with van der Waals surface area (Å²) in [5.41, 5.74) is 4.33. The molecule has 5 atom stereocenters. The van der Waals surface area contributed by atoms with Gasteiger partial charge in [-0.2, -0.15) is 5.11 Å². The minimum absolute atomic E-state index is 0.273. The maximum absolute atomic E-state index is 6.30. The van der Waals surface area contributed by atoms with Crippen molar-refractivity contribution in [2.45, 2.75) is 79.7 Å². The van der Waals surface area contributed by atoms with E-state index in [4.69, 9.17) is 22.8 Å². The topological polar surface area (TPSA) is 70.9 Å². The molecule has 2 saturated carbocycles. The smallest absolute Gasteiger partial charge is 0.497 e. The molecule has 45 heavy (non-hydrogen) atoms. The van der Waals surface area contributed by atoms with E-state index in [0.717, 1.165) is 52.6 Å². The Morgan fingerprint density at radius 1 is 0.822 bits per heavy atom. The second-order valence-electron chi connectivity index (χ2n) is 12.5. The molecule has 0 radical (unpaired) electrons. The highest BCUT2D eigenvalue weighted by molar-refractivity contribution is 6.60. The number of hydrogen-bond acceptors (Lipinski definition) is 7. The van der Waals surface area contributed by atoms with Gasteiger partial charge in [-0.1, -0.05) is 76.2 Å². The summed E-state index contributed by atoms with van der Waals surface area (Å²) in [6.07, 6.45) is 2.46. The van der Waals surface area contributed by atoms with Crippen LogP contribution in [0, 0.1) is 23.2 Å². The highest BCUT2D eigenvalue weighted by Gasteiger charge is 2.61. The van der Waals surface area contributed by atoms with Crippen LogP contribution < -0.4 is 4.74 Å². The van der Waals surface area contributed by atoms with Gasteiger partial charge >= 0.3 is 8.80 Å². The van der Waals surface area contributed by atoms with Crippen LogP contribution in [0.1, 0.15) is 61.3 Å². The molecule has 0 amide bonds. The molecule has 3 aromatic rings. The number of benzene rings is 3. The van der Waals surface area contributed by atoms with Crippen molar-refractivity contribution in [3.8, 4) is 16.9 Å². The molecule has 2 fully saturated rings. The first-order valence-corrected chi connectivity index (χ1v) is 18.4.